The van der Waals surface area contributed by atoms with Gasteiger partial charge in [0, 0.05) is 19.7 Å². The number of rotatable bonds is 2. The van der Waals surface area contributed by atoms with Gasteiger partial charge in [0.1, 0.15) is 23.4 Å². The van der Waals surface area contributed by atoms with Crippen molar-refractivity contribution in [3.8, 4) is 11.4 Å². The number of aromatic nitrogens is 4. The summed E-state index contributed by atoms with van der Waals surface area (Å²) in [6.07, 6.45) is -8.21. The summed E-state index contributed by atoms with van der Waals surface area (Å²) in [4.78, 5) is 31.8. The van der Waals surface area contributed by atoms with E-state index < -0.39 is 47.1 Å². The molecule has 1 fully saturated rings. The molecule has 0 radical (unpaired) electrons. The molecule has 3 rings (SSSR count). The van der Waals surface area contributed by atoms with Crippen LogP contribution in [0.5, 0.6) is 0 Å². The van der Waals surface area contributed by atoms with E-state index >= 15 is 0 Å². The van der Waals surface area contributed by atoms with Crippen LogP contribution < -0.4 is 0 Å². The van der Waals surface area contributed by atoms with E-state index in [1.807, 2.05) is 0 Å². The SMILES string of the molecule is CN1C(=O)C(=Cn2cnc(-c3cc(C(F)(F)F)nc(C(F)(F)F)c3)n2)N(C)C1=O. The first-order chi connectivity index (χ1) is 13.3. The molecule has 0 atom stereocenters. The summed E-state index contributed by atoms with van der Waals surface area (Å²) in [6.45, 7) is 0. The second-order valence-corrected chi connectivity index (χ2v) is 5.89. The number of alkyl halides is 6. The van der Waals surface area contributed by atoms with Gasteiger partial charge in [-0.15, -0.1) is 5.10 Å². The first-order valence-corrected chi connectivity index (χ1v) is 7.64. The van der Waals surface area contributed by atoms with Gasteiger partial charge < -0.3 is 0 Å². The van der Waals surface area contributed by atoms with Crippen molar-refractivity contribution in [1.82, 2.24) is 29.5 Å². The number of hydrogen-bond donors (Lipinski definition) is 0. The molecule has 0 spiro atoms. The quantitative estimate of drug-likeness (QED) is 0.424. The van der Waals surface area contributed by atoms with E-state index in [-0.39, 0.29) is 5.70 Å². The summed E-state index contributed by atoms with van der Waals surface area (Å²) < 4.78 is 78.4. The van der Waals surface area contributed by atoms with Crippen LogP contribution in [0.2, 0.25) is 0 Å². The second-order valence-electron chi connectivity index (χ2n) is 5.89. The third-order valence-corrected chi connectivity index (χ3v) is 3.89. The predicted octanol–water partition coefficient (Wildman–Crippen LogP) is 2.70. The van der Waals surface area contributed by atoms with Crippen molar-refractivity contribution in [2.45, 2.75) is 12.4 Å². The lowest BCUT2D eigenvalue weighted by Crippen LogP contribution is -2.27. The van der Waals surface area contributed by atoms with Crippen LogP contribution in [0.25, 0.3) is 17.6 Å². The van der Waals surface area contributed by atoms with Gasteiger partial charge in [-0.2, -0.15) is 26.3 Å². The summed E-state index contributed by atoms with van der Waals surface area (Å²) in [5.74, 6) is -1.13. The third kappa shape index (κ3) is 3.77. The lowest BCUT2D eigenvalue weighted by atomic mass is 10.1. The smallest absolute Gasteiger partial charge is 0.291 e. The number of amides is 3. The van der Waals surface area contributed by atoms with Gasteiger partial charge in [0.15, 0.2) is 5.82 Å². The molecule has 14 heteroatoms. The van der Waals surface area contributed by atoms with E-state index in [0.717, 1.165) is 27.0 Å². The van der Waals surface area contributed by atoms with Gasteiger partial charge >= 0.3 is 18.4 Å². The van der Waals surface area contributed by atoms with Crippen molar-refractivity contribution in [3.05, 3.63) is 35.5 Å². The molecule has 1 saturated heterocycles. The van der Waals surface area contributed by atoms with Gasteiger partial charge in [-0.1, -0.05) is 0 Å². The molecular formula is C15H10F6N6O2. The van der Waals surface area contributed by atoms with Crippen molar-refractivity contribution in [3.63, 3.8) is 0 Å². The van der Waals surface area contributed by atoms with Crippen molar-refractivity contribution in [2.75, 3.05) is 14.1 Å². The lowest BCUT2D eigenvalue weighted by molar-refractivity contribution is -0.150. The van der Waals surface area contributed by atoms with Crippen LogP contribution in [-0.4, -0.2) is 55.6 Å². The standard InChI is InChI=1S/C15H10F6N6O2/c1-25-8(12(28)26(2)13(25)29)5-27-6-22-11(24-27)7-3-9(14(16,17)18)23-10(4-7)15(19,20)21/h3-6H,1-2H3. The number of hydrogen-bond acceptors (Lipinski definition) is 5. The van der Waals surface area contributed by atoms with Gasteiger partial charge in [0.25, 0.3) is 5.91 Å². The number of urea groups is 1. The maximum atomic E-state index is 12.9. The van der Waals surface area contributed by atoms with Gasteiger partial charge in [0.05, 0.1) is 6.20 Å². The largest absolute Gasteiger partial charge is 0.433 e. The molecule has 3 heterocycles. The van der Waals surface area contributed by atoms with Gasteiger partial charge in [-0.25, -0.2) is 19.4 Å². The number of pyridine rings is 1. The van der Waals surface area contributed by atoms with Crippen molar-refractivity contribution >= 4 is 18.1 Å². The first kappa shape index (κ1) is 20.3. The van der Waals surface area contributed by atoms with E-state index in [9.17, 15) is 35.9 Å². The number of halogens is 6. The van der Waals surface area contributed by atoms with Crippen LogP contribution in [0.1, 0.15) is 11.4 Å². The van der Waals surface area contributed by atoms with Crippen molar-refractivity contribution in [2.24, 2.45) is 0 Å². The average molecular weight is 420 g/mol. The Bertz CT molecular complexity index is 993. The van der Waals surface area contributed by atoms with Crippen molar-refractivity contribution < 1.29 is 35.9 Å². The number of imide groups is 1. The van der Waals surface area contributed by atoms with E-state index in [0.29, 0.717) is 12.1 Å². The summed E-state index contributed by atoms with van der Waals surface area (Å²) in [5, 5.41) is 3.77. The summed E-state index contributed by atoms with van der Waals surface area (Å²) >= 11 is 0. The van der Waals surface area contributed by atoms with Gasteiger partial charge in [-0.05, 0) is 12.1 Å². The van der Waals surface area contributed by atoms with Crippen LogP contribution in [0.3, 0.4) is 0 Å². The molecule has 2 aromatic heterocycles. The highest BCUT2D eigenvalue weighted by Gasteiger charge is 2.39. The molecule has 0 bridgehead atoms. The van der Waals surface area contributed by atoms with E-state index in [2.05, 4.69) is 15.1 Å². The summed E-state index contributed by atoms with van der Waals surface area (Å²) in [7, 11) is 2.55. The summed E-state index contributed by atoms with van der Waals surface area (Å²) in [5.41, 5.74) is -4.20. The molecule has 0 N–H and O–H groups in total. The molecule has 1 aliphatic rings. The van der Waals surface area contributed by atoms with E-state index in [4.69, 9.17) is 0 Å². The van der Waals surface area contributed by atoms with Gasteiger partial charge in [-0.3, -0.25) is 14.6 Å². The Hall–Kier alpha value is -3.45. The molecule has 0 aliphatic carbocycles. The molecule has 8 nitrogen and oxygen atoms in total. The zero-order valence-corrected chi connectivity index (χ0v) is 14.6. The highest BCUT2D eigenvalue weighted by molar-refractivity contribution is 6.12. The maximum absolute atomic E-state index is 12.9. The Kier molecular flexibility index (Phi) is 4.59. The molecule has 0 saturated carbocycles. The summed E-state index contributed by atoms with van der Waals surface area (Å²) in [6, 6.07) is 0.138. The van der Waals surface area contributed by atoms with Crippen molar-refractivity contribution in [1.29, 1.82) is 0 Å². The van der Waals surface area contributed by atoms with Crippen LogP contribution in [-0.2, 0) is 17.1 Å². The first-order valence-electron chi connectivity index (χ1n) is 7.64. The zero-order chi connectivity index (χ0) is 21.7. The molecule has 154 valence electrons. The van der Waals surface area contributed by atoms with Gasteiger partial charge in [0.2, 0.25) is 0 Å². The number of likely N-dealkylation sites (N-methyl/N-ethyl adjacent to an activating group) is 2. The van der Waals surface area contributed by atoms with Crippen LogP contribution in [0, 0.1) is 0 Å². The molecule has 1 aliphatic heterocycles. The Balaban J connectivity index is 2.04. The zero-order valence-electron chi connectivity index (χ0n) is 14.6. The van der Waals surface area contributed by atoms with Crippen LogP contribution in [0.4, 0.5) is 31.1 Å². The molecule has 2 aromatic rings. The Labute approximate surface area is 158 Å². The minimum absolute atomic E-state index is 0.115. The second kappa shape index (κ2) is 6.56. The highest BCUT2D eigenvalue weighted by atomic mass is 19.4. The maximum Gasteiger partial charge on any atom is 0.433 e. The molecular weight excluding hydrogens is 410 g/mol. The fraction of sp³-hybridized carbons (Fsp3) is 0.267. The lowest BCUT2D eigenvalue weighted by Gasteiger charge is -2.11. The molecule has 0 unspecified atom stereocenters. The Morgan fingerprint density at radius 2 is 1.48 bits per heavy atom. The highest BCUT2D eigenvalue weighted by Crippen LogP contribution is 2.35. The minimum atomic E-state index is -5.12. The number of carbonyl (C=O) groups excluding carboxylic acids is 2. The fourth-order valence-electron chi connectivity index (χ4n) is 2.42. The minimum Gasteiger partial charge on any atom is -0.291 e. The molecule has 29 heavy (non-hydrogen) atoms. The van der Waals surface area contributed by atoms with Crippen LogP contribution in [0.15, 0.2) is 24.2 Å². The molecule has 3 amide bonds. The van der Waals surface area contributed by atoms with Crippen LogP contribution >= 0.6 is 0 Å². The van der Waals surface area contributed by atoms with E-state index in [1.54, 1.807) is 0 Å². The monoisotopic (exact) mass is 420 g/mol. The Morgan fingerprint density at radius 1 is 0.931 bits per heavy atom. The normalized spacial score (nSPS) is 17.0. The number of nitrogens with zero attached hydrogens (tertiary/aromatic N) is 6. The topological polar surface area (TPSA) is 84.2 Å². The fourth-order valence-corrected chi connectivity index (χ4v) is 2.42. The predicted molar refractivity (Wildman–Crippen MR) is 83.5 cm³/mol. The molecule has 0 aromatic carbocycles. The van der Waals surface area contributed by atoms with E-state index in [1.165, 1.54) is 14.1 Å². The average Bonchev–Trinajstić information content (AvgIpc) is 3.16. The Morgan fingerprint density at radius 3 is 1.93 bits per heavy atom. The third-order valence-electron chi connectivity index (χ3n) is 3.89. The number of carbonyl (C=O) groups is 2.